The highest BCUT2D eigenvalue weighted by atomic mass is 19.4. The Balaban J connectivity index is 2.13. The number of hydrogen-bond donors (Lipinski definition) is 2. The number of carboxylic acids is 1. The van der Waals surface area contributed by atoms with Crippen LogP contribution in [0.25, 0.3) is 11.1 Å². The summed E-state index contributed by atoms with van der Waals surface area (Å²) in [7, 11) is 3.59. The van der Waals surface area contributed by atoms with Gasteiger partial charge in [0.2, 0.25) is 5.91 Å². The lowest BCUT2D eigenvalue weighted by Crippen LogP contribution is -2.40. The van der Waals surface area contributed by atoms with Gasteiger partial charge in [0.05, 0.1) is 18.0 Å². The van der Waals surface area contributed by atoms with Crippen LogP contribution in [0.3, 0.4) is 0 Å². The maximum Gasteiger partial charge on any atom is 0.416 e. The van der Waals surface area contributed by atoms with Crippen molar-refractivity contribution < 1.29 is 32.3 Å². The number of carbonyl (C=O) groups excluding carboxylic acids is 1. The zero-order valence-corrected chi connectivity index (χ0v) is 28.3. The Morgan fingerprint density at radius 2 is 1.60 bits per heavy atom. The minimum atomic E-state index is -4.78. The number of carboxylic acid groups (broad SMARTS) is 1. The van der Waals surface area contributed by atoms with Gasteiger partial charge in [0.1, 0.15) is 11.9 Å². The van der Waals surface area contributed by atoms with E-state index in [9.17, 15) is 32.7 Å². The zero-order valence-electron chi connectivity index (χ0n) is 28.3. The number of nitrogens with one attached hydrogen (secondary N) is 1. The fourth-order valence-electron chi connectivity index (χ4n) is 6.19. The predicted octanol–water partition coefficient (Wildman–Crippen LogP) is 7.32. The average molecular weight is 660 g/mol. The number of pyridine rings is 1. The van der Waals surface area contributed by atoms with E-state index in [4.69, 9.17) is 0 Å². The number of aryl methyl sites for hydroxylation is 5. The molecule has 0 bridgehead atoms. The predicted molar refractivity (Wildman–Crippen MR) is 175 cm³/mol. The zero-order chi connectivity index (χ0) is 35.4. The first-order valence-corrected chi connectivity index (χ1v) is 15.7. The van der Waals surface area contributed by atoms with E-state index >= 15 is 4.39 Å². The van der Waals surface area contributed by atoms with E-state index in [1.54, 1.807) is 40.9 Å². The Morgan fingerprint density at radius 1 is 0.979 bits per heavy atom. The van der Waals surface area contributed by atoms with Crippen LogP contribution in [0.5, 0.6) is 0 Å². The molecule has 2 N–H and O–H groups in total. The van der Waals surface area contributed by atoms with E-state index in [2.05, 4.69) is 5.32 Å². The summed E-state index contributed by atoms with van der Waals surface area (Å²) in [6.45, 7) is 11.5. The molecule has 1 heterocycles. The quantitative estimate of drug-likeness (QED) is 0.188. The van der Waals surface area contributed by atoms with Gasteiger partial charge in [-0.15, -0.1) is 0 Å². The standard InChI is InChI=1S/C36H45F4N3O4/c1-20(2)12-30(43-19-25(10-9-11-42(7)8)28(17-31(43)44)36(38,39)40)35(47)41-29(18-32(45)46)27-16-26(15-24(6)34(27)37)33-22(4)13-21(3)14-23(33)5/h13-17,19-20,29-30H,9-12,18H2,1-8H3,(H,41,47)(H,45,46)/t29-,30?/m0/s1. The number of rotatable bonds is 13. The number of hydrogen-bond acceptors (Lipinski definition) is 4. The SMILES string of the molecule is Cc1cc(C)c(-c2cc(C)c(F)c([C@H](CC(=O)O)NC(=O)C(CC(C)C)n3cc(CCCN(C)C)c(C(F)(F)F)cc3=O)c2)c(C)c1. The molecule has 11 heteroatoms. The molecule has 0 fully saturated rings. The van der Waals surface area contributed by atoms with Crippen LogP contribution in [0.1, 0.15) is 84.1 Å². The minimum absolute atomic E-state index is 0.0140. The summed E-state index contributed by atoms with van der Waals surface area (Å²) in [6.07, 6.45) is -3.89. The van der Waals surface area contributed by atoms with Crippen molar-refractivity contribution in [1.29, 1.82) is 0 Å². The summed E-state index contributed by atoms with van der Waals surface area (Å²) in [5.41, 5.74) is 2.46. The van der Waals surface area contributed by atoms with E-state index in [-0.39, 0.29) is 35.4 Å². The van der Waals surface area contributed by atoms with Gasteiger partial charge in [-0.05, 0) is 119 Å². The maximum absolute atomic E-state index is 15.8. The summed E-state index contributed by atoms with van der Waals surface area (Å²) >= 11 is 0. The molecule has 0 radical (unpaired) electrons. The van der Waals surface area contributed by atoms with Crippen molar-refractivity contribution in [3.8, 4) is 11.1 Å². The third kappa shape index (κ3) is 9.53. The number of aliphatic carboxylic acids is 1. The van der Waals surface area contributed by atoms with Gasteiger partial charge < -0.3 is 19.9 Å². The number of benzene rings is 2. The molecule has 0 aliphatic rings. The fraction of sp³-hybridized carbons (Fsp3) is 0.472. The largest absolute Gasteiger partial charge is 0.481 e. The molecule has 0 spiro atoms. The molecule has 256 valence electrons. The molecule has 0 aliphatic heterocycles. The van der Waals surface area contributed by atoms with Crippen molar-refractivity contribution >= 4 is 11.9 Å². The van der Waals surface area contributed by atoms with Gasteiger partial charge in [-0.3, -0.25) is 14.4 Å². The van der Waals surface area contributed by atoms with Crippen LogP contribution in [0, 0.1) is 39.4 Å². The molecule has 3 aromatic rings. The van der Waals surface area contributed by atoms with Crippen molar-refractivity contribution in [2.24, 2.45) is 5.92 Å². The van der Waals surface area contributed by atoms with Gasteiger partial charge >= 0.3 is 12.1 Å². The molecule has 1 aromatic heterocycles. The van der Waals surface area contributed by atoms with Crippen LogP contribution in [0.15, 0.2) is 41.3 Å². The van der Waals surface area contributed by atoms with Crippen LogP contribution in [-0.4, -0.2) is 47.1 Å². The highest BCUT2D eigenvalue weighted by Gasteiger charge is 2.36. The van der Waals surface area contributed by atoms with Crippen LogP contribution >= 0.6 is 0 Å². The molecular weight excluding hydrogens is 614 g/mol. The molecule has 3 rings (SSSR count). The number of nitrogens with zero attached hydrogens (tertiary/aromatic N) is 2. The summed E-state index contributed by atoms with van der Waals surface area (Å²) < 4.78 is 58.7. The molecule has 2 atom stereocenters. The number of halogens is 4. The first-order chi connectivity index (χ1) is 21.8. The Morgan fingerprint density at radius 3 is 2.13 bits per heavy atom. The second-order valence-corrected chi connectivity index (χ2v) is 13.1. The number of alkyl halides is 3. The third-order valence-electron chi connectivity index (χ3n) is 8.17. The smallest absolute Gasteiger partial charge is 0.416 e. The Labute approximate surface area is 273 Å². The molecule has 7 nitrogen and oxygen atoms in total. The van der Waals surface area contributed by atoms with Gasteiger partial charge in [0.25, 0.3) is 5.56 Å². The van der Waals surface area contributed by atoms with Crippen molar-refractivity contribution in [3.63, 3.8) is 0 Å². The third-order valence-corrected chi connectivity index (χ3v) is 8.17. The van der Waals surface area contributed by atoms with Crippen molar-refractivity contribution in [2.45, 2.75) is 85.5 Å². The first kappa shape index (κ1) is 37.5. The number of carbonyl (C=O) groups is 2. The van der Waals surface area contributed by atoms with Crippen molar-refractivity contribution in [1.82, 2.24) is 14.8 Å². The molecule has 0 saturated carbocycles. The van der Waals surface area contributed by atoms with E-state index in [1.165, 1.54) is 6.07 Å². The summed E-state index contributed by atoms with van der Waals surface area (Å²) in [6, 6.07) is 5.09. The molecule has 1 amide bonds. The van der Waals surface area contributed by atoms with Crippen LogP contribution < -0.4 is 10.9 Å². The van der Waals surface area contributed by atoms with E-state index in [0.29, 0.717) is 24.6 Å². The monoisotopic (exact) mass is 659 g/mol. The van der Waals surface area contributed by atoms with Gasteiger partial charge in [-0.2, -0.15) is 13.2 Å². The lowest BCUT2D eigenvalue weighted by Gasteiger charge is -2.27. The lowest BCUT2D eigenvalue weighted by atomic mass is 9.89. The average Bonchev–Trinajstić information content (AvgIpc) is 2.92. The Bertz CT molecular complexity index is 1650. The molecule has 0 saturated heterocycles. The second-order valence-electron chi connectivity index (χ2n) is 13.1. The first-order valence-electron chi connectivity index (χ1n) is 15.7. The topological polar surface area (TPSA) is 91.6 Å². The molecular formula is C36H45F4N3O4. The van der Waals surface area contributed by atoms with Crippen molar-refractivity contribution in [2.75, 3.05) is 20.6 Å². The van der Waals surface area contributed by atoms with Gasteiger partial charge in [0.15, 0.2) is 0 Å². The maximum atomic E-state index is 15.8. The molecule has 47 heavy (non-hydrogen) atoms. The lowest BCUT2D eigenvalue weighted by molar-refractivity contribution is -0.139. The highest BCUT2D eigenvalue weighted by Crippen LogP contribution is 2.35. The van der Waals surface area contributed by atoms with Gasteiger partial charge in [0, 0.05) is 17.8 Å². The number of aromatic nitrogens is 1. The molecule has 2 aromatic carbocycles. The van der Waals surface area contributed by atoms with E-state index in [1.807, 2.05) is 37.8 Å². The Hall–Kier alpha value is -3.99. The van der Waals surface area contributed by atoms with Crippen LogP contribution in [0.2, 0.25) is 0 Å². The Kier molecular flexibility index (Phi) is 12.2. The van der Waals surface area contributed by atoms with Crippen molar-refractivity contribution in [3.05, 3.63) is 91.6 Å². The summed E-state index contributed by atoms with van der Waals surface area (Å²) in [4.78, 5) is 41.0. The second kappa shape index (κ2) is 15.3. The number of amides is 1. The summed E-state index contributed by atoms with van der Waals surface area (Å²) in [5.74, 6) is -2.95. The minimum Gasteiger partial charge on any atom is -0.481 e. The van der Waals surface area contributed by atoms with Gasteiger partial charge in [-0.1, -0.05) is 31.5 Å². The molecule has 0 aliphatic carbocycles. The van der Waals surface area contributed by atoms with E-state index < -0.39 is 53.5 Å². The van der Waals surface area contributed by atoms with Crippen LogP contribution in [-0.2, 0) is 22.2 Å². The van der Waals surface area contributed by atoms with Gasteiger partial charge in [-0.25, -0.2) is 4.39 Å². The normalized spacial score (nSPS) is 13.2. The fourth-order valence-corrected chi connectivity index (χ4v) is 6.19. The summed E-state index contributed by atoms with van der Waals surface area (Å²) in [5, 5.41) is 12.4. The molecule has 1 unspecified atom stereocenters. The van der Waals surface area contributed by atoms with E-state index in [0.717, 1.165) is 33.0 Å². The highest BCUT2D eigenvalue weighted by molar-refractivity contribution is 5.82. The van der Waals surface area contributed by atoms with Crippen LogP contribution in [0.4, 0.5) is 17.6 Å².